The Balaban J connectivity index is 2.62. The molecule has 0 atom stereocenters. The number of aryl methyl sites for hydroxylation is 1. The second-order valence-electron chi connectivity index (χ2n) is 4.40. The molecule has 1 amide bonds. The van der Waals surface area contributed by atoms with Crippen LogP contribution in [-0.2, 0) is 4.79 Å². The van der Waals surface area contributed by atoms with Crippen LogP contribution in [0.25, 0.3) is 0 Å². The van der Waals surface area contributed by atoms with Crippen molar-refractivity contribution in [1.82, 2.24) is 5.43 Å². The van der Waals surface area contributed by atoms with E-state index in [2.05, 4.69) is 25.3 Å². The highest BCUT2D eigenvalue weighted by Crippen LogP contribution is 2.22. The van der Waals surface area contributed by atoms with Gasteiger partial charge >= 0.3 is 0 Å². The molecule has 1 aromatic carbocycles. The van der Waals surface area contributed by atoms with Crippen molar-refractivity contribution in [3.05, 3.63) is 29.3 Å². The smallest absolute Gasteiger partial charge is 0.237 e. The summed E-state index contributed by atoms with van der Waals surface area (Å²) >= 11 is 0. The molecule has 17 heavy (non-hydrogen) atoms. The minimum atomic E-state index is -0.221. The van der Waals surface area contributed by atoms with Gasteiger partial charge in [0.1, 0.15) is 5.75 Å². The van der Waals surface area contributed by atoms with Crippen LogP contribution in [0.15, 0.2) is 18.2 Å². The molecule has 0 spiro atoms. The second-order valence-corrected chi connectivity index (χ2v) is 4.40. The summed E-state index contributed by atoms with van der Waals surface area (Å²) in [6.45, 7) is 6.65. The average Bonchev–Trinajstić information content (AvgIpc) is 2.28. The molecule has 1 aromatic rings. The first-order chi connectivity index (χ1) is 8.02. The molecule has 0 fully saturated rings. The largest absolute Gasteiger partial charge is 0.493 e. The van der Waals surface area contributed by atoms with E-state index in [1.807, 2.05) is 19.1 Å². The Kier molecular flexibility index (Phi) is 4.97. The summed E-state index contributed by atoms with van der Waals surface area (Å²) in [5.74, 6) is 6.03. The van der Waals surface area contributed by atoms with Crippen LogP contribution in [0.4, 0.5) is 0 Å². The van der Waals surface area contributed by atoms with Crippen LogP contribution < -0.4 is 16.0 Å². The fraction of sp³-hybridized carbons (Fsp3) is 0.462. The Morgan fingerprint density at radius 2 is 2.12 bits per heavy atom. The predicted molar refractivity (Wildman–Crippen MR) is 67.7 cm³/mol. The molecule has 0 heterocycles. The van der Waals surface area contributed by atoms with Gasteiger partial charge in [0, 0.05) is 0 Å². The van der Waals surface area contributed by atoms with Crippen molar-refractivity contribution < 1.29 is 9.53 Å². The highest BCUT2D eigenvalue weighted by atomic mass is 16.5. The third kappa shape index (κ3) is 4.44. The number of benzene rings is 1. The standard InChI is InChI=1S/C13H20N2O2/c1-9(2)11-6-10(3)7-12(8-11)17-5-4-13(16)15-14/h6-9H,4-5,14H2,1-3H3,(H,15,16). The normalized spacial score (nSPS) is 10.4. The van der Waals surface area contributed by atoms with Crippen LogP contribution in [0, 0.1) is 6.92 Å². The van der Waals surface area contributed by atoms with Gasteiger partial charge in [-0.3, -0.25) is 10.2 Å². The molecule has 0 radical (unpaired) electrons. The lowest BCUT2D eigenvalue weighted by molar-refractivity contribution is -0.121. The summed E-state index contributed by atoms with van der Waals surface area (Å²) in [4.78, 5) is 10.9. The van der Waals surface area contributed by atoms with Crippen LogP contribution in [0.3, 0.4) is 0 Å². The Labute approximate surface area is 102 Å². The lowest BCUT2D eigenvalue weighted by Gasteiger charge is -2.11. The van der Waals surface area contributed by atoms with Crippen LogP contribution >= 0.6 is 0 Å². The summed E-state index contributed by atoms with van der Waals surface area (Å²) in [5.41, 5.74) is 4.47. The summed E-state index contributed by atoms with van der Waals surface area (Å²) in [6, 6.07) is 6.12. The quantitative estimate of drug-likeness (QED) is 0.466. The second kappa shape index (κ2) is 6.25. The van der Waals surface area contributed by atoms with Gasteiger partial charge in [-0.1, -0.05) is 19.9 Å². The lowest BCUT2D eigenvalue weighted by atomic mass is 10.0. The zero-order chi connectivity index (χ0) is 12.8. The minimum absolute atomic E-state index is 0.221. The van der Waals surface area contributed by atoms with Crippen molar-refractivity contribution >= 4 is 5.91 Å². The number of hydrogen-bond donors (Lipinski definition) is 2. The molecule has 0 aliphatic rings. The molecule has 3 N–H and O–H groups in total. The lowest BCUT2D eigenvalue weighted by Crippen LogP contribution is -2.31. The average molecular weight is 236 g/mol. The van der Waals surface area contributed by atoms with Crippen LogP contribution in [0.2, 0.25) is 0 Å². The zero-order valence-electron chi connectivity index (χ0n) is 10.6. The number of carbonyl (C=O) groups excluding carboxylic acids is 1. The van der Waals surface area contributed by atoms with Crippen molar-refractivity contribution in [2.24, 2.45) is 5.84 Å². The fourth-order valence-corrected chi connectivity index (χ4v) is 1.53. The van der Waals surface area contributed by atoms with Gasteiger partial charge < -0.3 is 4.74 Å². The molecule has 4 heteroatoms. The molecular formula is C13H20N2O2. The minimum Gasteiger partial charge on any atom is -0.493 e. The van der Waals surface area contributed by atoms with Crippen molar-refractivity contribution in [3.63, 3.8) is 0 Å². The van der Waals surface area contributed by atoms with E-state index in [4.69, 9.17) is 10.6 Å². The van der Waals surface area contributed by atoms with E-state index in [0.717, 1.165) is 11.3 Å². The summed E-state index contributed by atoms with van der Waals surface area (Å²) in [7, 11) is 0. The number of nitrogens with two attached hydrogens (primary N) is 1. The van der Waals surface area contributed by atoms with E-state index >= 15 is 0 Å². The molecule has 0 aliphatic carbocycles. The molecule has 4 nitrogen and oxygen atoms in total. The van der Waals surface area contributed by atoms with E-state index < -0.39 is 0 Å². The van der Waals surface area contributed by atoms with Gasteiger partial charge in [0.15, 0.2) is 0 Å². The maximum atomic E-state index is 10.9. The third-order valence-electron chi connectivity index (χ3n) is 2.50. The molecule has 0 aliphatic heterocycles. The number of carbonyl (C=O) groups is 1. The van der Waals surface area contributed by atoms with Crippen molar-refractivity contribution in [2.75, 3.05) is 6.61 Å². The SMILES string of the molecule is Cc1cc(OCCC(=O)NN)cc(C(C)C)c1. The molecule has 94 valence electrons. The van der Waals surface area contributed by atoms with E-state index in [-0.39, 0.29) is 12.3 Å². The Hall–Kier alpha value is -1.55. The summed E-state index contributed by atoms with van der Waals surface area (Å²) < 4.78 is 5.53. The summed E-state index contributed by atoms with van der Waals surface area (Å²) in [6.07, 6.45) is 0.265. The van der Waals surface area contributed by atoms with E-state index in [0.29, 0.717) is 12.5 Å². The number of rotatable bonds is 5. The highest BCUT2D eigenvalue weighted by Gasteiger charge is 2.04. The highest BCUT2D eigenvalue weighted by molar-refractivity contribution is 5.75. The molecule has 1 rings (SSSR count). The van der Waals surface area contributed by atoms with Gasteiger partial charge in [0.05, 0.1) is 13.0 Å². The van der Waals surface area contributed by atoms with E-state index in [1.54, 1.807) is 0 Å². The number of ether oxygens (including phenoxy) is 1. The predicted octanol–water partition coefficient (Wildman–Crippen LogP) is 1.88. The monoisotopic (exact) mass is 236 g/mol. The molecular weight excluding hydrogens is 216 g/mol. The first-order valence-corrected chi connectivity index (χ1v) is 5.76. The molecule has 0 aromatic heterocycles. The zero-order valence-corrected chi connectivity index (χ0v) is 10.6. The van der Waals surface area contributed by atoms with Crippen LogP contribution in [0.1, 0.15) is 37.3 Å². The molecule has 0 bridgehead atoms. The van der Waals surface area contributed by atoms with Gasteiger partial charge in [-0.15, -0.1) is 0 Å². The first-order valence-electron chi connectivity index (χ1n) is 5.76. The van der Waals surface area contributed by atoms with Gasteiger partial charge in [0.2, 0.25) is 5.91 Å². The van der Waals surface area contributed by atoms with Crippen molar-refractivity contribution in [2.45, 2.75) is 33.1 Å². The van der Waals surface area contributed by atoms with Gasteiger partial charge in [-0.25, -0.2) is 5.84 Å². The van der Waals surface area contributed by atoms with Crippen LogP contribution in [0.5, 0.6) is 5.75 Å². The van der Waals surface area contributed by atoms with Crippen LogP contribution in [-0.4, -0.2) is 12.5 Å². The van der Waals surface area contributed by atoms with Gasteiger partial charge in [-0.05, 0) is 36.1 Å². The molecule has 0 saturated carbocycles. The fourth-order valence-electron chi connectivity index (χ4n) is 1.53. The van der Waals surface area contributed by atoms with E-state index in [9.17, 15) is 4.79 Å². The van der Waals surface area contributed by atoms with Crippen molar-refractivity contribution in [1.29, 1.82) is 0 Å². The van der Waals surface area contributed by atoms with Gasteiger partial charge in [0.25, 0.3) is 0 Å². The van der Waals surface area contributed by atoms with Crippen molar-refractivity contribution in [3.8, 4) is 5.75 Å². The number of amides is 1. The Morgan fingerprint density at radius 1 is 1.41 bits per heavy atom. The first kappa shape index (κ1) is 13.5. The number of nitrogens with one attached hydrogen (secondary N) is 1. The third-order valence-corrected chi connectivity index (χ3v) is 2.50. The topological polar surface area (TPSA) is 64.3 Å². The Bertz CT molecular complexity index is 389. The molecule has 0 saturated heterocycles. The molecule has 0 unspecified atom stereocenters. The maximum absolute atomic E-state index is 10.9. The Morgan fingerprint density at radius 3 is 2.71 bits per heavy atom. The summed E-state index contributed by atoms with van der Waals surface area (Å²) in [5, 5.41) is 0. The number of hydrogen-bond acceptors (Lipinski definition) is 3. The number of hydrazine groups is 1. The maximum Gasteiger partial charge on any atom is 0.237 e. The van der Waals surface area contributed by atoms with E-state index in [1.165, 1.54) is 5.56 Å². The van der Waals surface area contributed by atoms with Gasteiger partial charge in [-0.2, -0.15) is 0 Å².